The maximum Gasteiger partial charge on any atom is 0.251 e. The van der Waals surface area contributed by atoms with Gasteiger partial charge in [0.15, 0.2) is 0 Å². The van der Waals surface area contributed by atoms with Gasteiger partial charge in [0.05, 0.1) is 14.2 Å². The van der Waals surface area contributed by atoms with Crippen LogP contribution in [-0.4, -0.2) is 32.1 Å². The van der Waals surface area contributed by atoms with E-state index in [4.69, 9.17) is 15.2 Å². The van der Waals surface area contributed by atoms with E-state index >= 15 is 0 Å². The largest absolute Gasteiger partial charge is 0.497 e. The van der Waals surface area contributed by atoms with Crippen LogP contribution >= 0.6 is 0 Å². The topological polar surface area (TPSA) is 90.7 Å². The third-order valence-electron chi connectivity index (χ3n) is 2.50. The van der Waals surface area contributed by atoms with Crippen LogP contribution < -0.4 is 20.5 Å². The molecule has 112 valence electrons. The number of rotatable bonds is 6. The number of hydrogen-bond acceptors (Lipinski definition) is 4. The molecule has 2 amide bonds. The summed E-state index contributed by atoms with van der Waals surface area (Å²) in [6, 6.07) is 4.52. The van der Waals surface area contributed by atoms with E-state index < -0.39 is 5.91 Å². The summed E-state index contributed by atoms with van der Waals surface area (Å²) < 4.78 is 10.2. The van der Waals surface area contributed by atoms with E-state index in [-0.39, 0.29) is 25.8 Å². The Kier molecular flexibility index (Phi) is 7.14. The van der Waals surface area contributed by atoms with Crippen LogP contribution in [-0.2, 0) is 4.79 Å². The zero-order valence-corrected chi connectivity index (χ0v) is 11.2. The van der Waals surface area contributed by atoms with Crippen LogP contribution in [0.2, 0.25) is 0 Å². The molecule has 1 atom stereocenters. The molecule has 0 aromatic heterocycles. The standard InChI is InChI=1S/C13H18N2O4.CH4/c1-8(4-12(14)16)15-13(17)9-5-10(18-2)7-11(6-9)19-3;/h5-8H,4H2,1-3H3,(H2,14,16)(H,15,17);1H4. The number of hydrogen-bond donors (Lipinski definition) is 2. The van der Waals surface area contributed by atoms with Crippen molar-refractivity contribution in [1.29, 1.82) is 0 Å². The fourth-order valence-electron chi connectivity index (χ4n) is 1.60. The van der Waals surface area contributed by atoms with E-state index in [1.54, 1.807) is 25.1 Å². The lowest BCUT2D eigenvalue weighted by Crippen LogP contribution is -2.35. The molecule has 0 aliphatic rings. The molecule has 0 fully saturated rings. The van der Waals surface area contributed by atoms with Gasteiger partial charge in [-0.1, -0.05) is 7.43 Å². The molecular formula is C14H22N2O4. The van der Waals surface area contributed by atoms with Gasteiger partial charge in [0.2, 0.25) is 5.91 Å². The molecule has 1 aromatic carbocycles. The lowest BCUT2D eigenvalue weighted by molar-refractivity contribution is -0.118. The maximum absolute atomic E-state index is 12.0. The third kappa shape index (κ3) is 5.17. The van der Waals surface area contributed by atoms with E-state index in [2.05, 4.69) is 5.32 Å². The van der Waals surface area contributed by atoms with E-state index in [0.717, 1.165) is 0 Å². The van der Waals surface area contributed by atoms with Crippen LogP contribution in [0.25, 0.3) is 0 Å². The number of nitrogens with two attached hydrogens (primary N) is 1. The van der Waals surface area contributed by atoms with Crippen LogP contribution in [0.4, 0.5) is 0 Å². The van der Waals surface area contributed by atoms with E-state index in [1.807, 2.05) is 0 Å². The fraction of sp³-hybridized carbons (Fsp3) is 0.429. The summed E-state index contributed by atoms with van der Waals surface area (Å²) in [7, 11) is 3.01. The summed E-state index contributed by atoms with van der Waals surface area (Å²) in [5.41, 5.74) is 5.46. The van der Waals surface area contributed by atoms with Crippen molar-refractivity contribution >= 4 is 11.8 Å². The maximum atomic E-state index is 12.0. The average molecular weight is 282 g/mol. The van der Waals surface area contributed by atoms with Gasteiger partial charge in [0.1, 0.15) is 11.5 Å². The summed E-state index contributed by atoms with van der Waals surface area (Å²) in [6.45, 7) is 1.71. The molecule has 3 N–H and O–H groups in total. The van der Waals surface area contributed by atoms with Crippen LogP contribution in [0.1, 0.15) is 31.1 Å². The Morgan fingerprint density at radius 2 is 1.70 bits per heavy atom. The van der Waals surface area contributed by atoms with Gasteiger partial charge < -0.3 is 20.5 Å². The predicted molar refractivity (Wildman–Crippen MR) is 77.0 cm³/mol. The molecule has 0 saturated carbocycles. The summed E-state index contributed by atoms with van der Waals surface area (Å²) >= 11 is 0. The molecule has 1 unspecified atom stereocenters. The molecule has 0 bridgehead atoms. The molecule has 0 saturated heterocycles. The lowest BCUT2D eigenvalue weighted by atomic mass is 10.1. The van der Waals surface area contributed by atoms with E-state index in [1.165, 1.54) is 14.2 Å². The fourth-order valence-corrected chi connectivity index (χ4v) is 1.60. The summed E-state index contributed by atoms with van der Waals surface area (Å²) in [6.07, 6.45) is 0.0901. The lowest BCUT2D eigenvalue weighted by Gasteiger charge is -2.13. The number of primary amides is 1. The van der Waals surface area contributed by atoms with Crippen molar-refractivity contribution < 1.29 is 19.1 Å². The molecule has 0 heterocycles. The minimum absolute atomic E-state index is 0. The highest BCUT2D eigenvalue weighted by Crippen LogP contribution is 2.22. The Morgan fingerprint density at radius 3 is 2.10 bits per heavy atom. The average Bonchev–Trinajstić information content (AvgIpc) is 2.36. The molecule has 0 radical (unpaired) electrons. The first-order valence-electron chi connectivity index (χ1n) is 5.78. The Hall–Kier alpha value is -2.24. The number of ether oxygens (including phenoxy) is 2. The second-order valence-corrected chi connectivity index (χ2v) is 4.15. The Morgan fingerprint density at radius 1 is 1.20 bits per heavy atom. The monoisotopic (exact) mass is 282 g/mol. The van der Waals surface area contributed by atoms with E-state index in [9.17, 15) is 9.59 Å². The second kappa shape index (κ2) is 8.04. The summed E-state index contributed by atoms with van der Waals surface area (Å²) in [4.78, 5) is 22.8. The van der Waals surface area contributed by atoms with Crippen LogP contribution in [0, 0.1) is 0 Å². The molecule has 20 heavy (non-hydrogen) atoms. The van der Waals surface area contributed by atoms with Crippen LogP contribution in [0.15, 0.2) is 18.2 Å². The highest BCUT2D eigenvalue weighted by molar-refractivity contribution is 5.95. The smallest absolute Gasteiger partial charge is 0.251 e. The van der Waals surface area contributed by atoms with Crippen molar-refractivity contribution in [3.05, 3.63) is 23.8 Å². The minimum Gasteiger partial charge on any atom is -0.497 e. The van der Waals surface area contributed by atoms with Crippen molar-refractivity contribution in [2.24, 2.45) is 5.73 Å². The van der Waals surface area contributed by atoms with Crippen LogP contribution in [0.3, 0.4) is 0 Å². The Balaban J connectivity index is 0.00000361. The Labute approximate surface area is 119 Å². The molecule has 0 aliphatic carbocycles. The molecule has 0 aliphatic heterocycles. The molecule has 6 heteroatoms. The van der Waals surface area contributed by atoms with Gasteiger partial charge in [-0.25, -0.2) is 0 Å². The third-order valence-corrected chi connectivity index (χ3v) is 2.50. The quantitative estimate of drug-likeness (QED) is 0.823. The first-order chi connectivity index (χ1) is 8.96. The molecule has 1 rings (SSSR count). The highest BCUT2D eigenvalue weighted by Gasteiger charge is 2.13. The number of carbonyl (C=O) groups is 2. The molecule has 1 aromatic rings. The van der Waals surface area contributed by atoms with Crippen molar-refractivity contribution in [1.82, 2.24) is 5.32 Å². The zero-order valence-electron chi connectivity index (χ0n) is 11.2. The highest BCUT2D eigenvalue weighted by atomic mass is 16.5. The molecular weight excluding hydrogens is 260 g/mol. The number of nitrogens with one attached hydrogen (secondary N) is 1. The van der Waals surface area contributed by atoms with Gasteiger partial charge in [-0.15, -0.1) is 0 Å². The minimum atomic E-state index is -0.462. The van der Waals surface area contributed by atoms with Gasteiger partial charge in [-0.2, -0.15) is 0 Å². The van der Waals surface area contributed by atoms with Gasteiger partial charge >= 0.3 is 0 Å². The number of amides is 2. The van der Waals surface area contributed by atoms with Gasteiger partial charge in [0, 0.05) is 24.1 Å². The second-order valence-electron chi connectivity index (χ2n) is 4.15. The number of carbonyl (C=O) groups excluding carboxylic acids is 2. The van der Waals surface area contributed by atoms with Crippen molar-refractivity contribution in [2.75, 3.05) is 14.2 Å². The van der Waals surface area contributed by atoms with Gasteiger partial charge in [-0.3, -0.25) is 9.59 Å². The van der Waals surface area contributed by atoms with Crippen molar-refractivity contribution in [3.63, 3.8) is 0 Å². The van der Waals surface area contributed by atoms with Crippen molar-refractivity contribution in [3.8, 4) is 11.5 Å². The zero-order chi connectivity index (χ0) is 14.4. The van der Waals surface area contributed by atoms with Crippen molar-refractivity contribution in [2.45, 2.75) is 26.8 Å². The molecule has 0 spiro atoms. The predicted octanol–water partition coefficient (Wildman–Crippen LogP) is 1.33. The first kappa shape index (κ1) is 17.8. The van der Waals surface area contributed by atoms with Gasteiger partial charge in [0.25, 0.3) is 5.91 Å². The SMILES string of the molecule is C.COc1cc(OC)cc(C(=O)NC(C)CC(N)=O)c1. The molecule has 6 nitrogen and oxygen atoms in total. The van der Waals surface area contributed by atoms with Gasteiger partial charge in [-0.05, 0) is 19.1 Å². The summed E-state index contributed by atoms with van der Waals surface area (Å²) in [5, 5.41) is 2.68. The number of methoxy groups -OCH3 is 2. The Bertz CT molecular complexity index is 452. The van der Waals surface area contributed by atoms with E-state index in [0.29, 0.717) is 17.1 Å². The first-order valence-corrected chi connectivity index (χ1v) is 5.78. The number of benzene rings is 1. The van der Waals surface area contributed by atoms with Crippen LogP contribution in [0.5, 0.6) is 11.5 Å². The summed E-state index contributed by atoms with van der Waals surface area (Å²) in [5.74, 6) is 0.265. The normalized spacial score (nSPS) is 10.9.